The summed E-state index contributed by atoms with van der Waals surface area (Å²) < 4.78 is 6.09. The zero-order chi connectivity index (χ0) is 14.2. The highest BCUT2D eigenvalue weighted by molar-refractivity contribution is 5.88. The molecule has 1 aliphatic rings. The molecule has 2 heterocycles. The van der Waals surface area contributed by atoms with Gasteiger partial charge < -0.3 is 14.8 Å². The molecule has 3 heteroatoms. The summed E-state index contributed by atoms with van der Waals surface area (Å²) in [5, 5.41) is 10.8. The standard InChI is InChI=1S/C17H23NO2/c1-3-12-6-5-7-13-14-8-11-20-17(4-2,9-10-19)16(14)18-15(12)13/h5-7,18-19H,3-4,8-11H2,1-2H3/t17-/m1/s1. The van der Waals surface area contributed by atoms with Crippen molar-refractivity contribution in [2.24, 2.45) is 0 Å². The number of aromatic nitrogens is 1. The van der Waals surface area contributed by atoms with E-state index in [0.717, 1.165) is 25.9 Å². The van der Waals surface area contributed by atoms with Gasteiger partial charge in [-0.05, 0) is 30.4 Å². The van der Waals surface area contributed by atoms with Crippen LogP contribution in [0.4, 0.5) is 0 Å². The lowest BCUT2D eigenvalue weighted by atomic mass is 9.86. The van der Waals surface area contributed by atoms with Gasteiger partial charge in [-0.3, -0.25) is 0 Å². The van der Waals surface area contributed by atoms with E-state index in [4.69, 9.17) is 4.74 Å². The number of rotatable bonds is 4. The van der Waals surface area contributed by atoms with E-state index in [0.29, 0.717) is 6.42 Å². The second-order valence-electron chi connectivity index (χ2n) is 5.59. The van der Waals surface area contributed by atoms with Gasteiger partial charge in [0.05, 0.1) is 12.3 Å². The third kappa shape index (κ3) is 1.88. The van der Waals surface area contributed by atoms with Crippen molar-refractivity contribution in [3.63, 3.8) is 0 Å². The number of ether oxygens (including phenoxy) is 1. The Kier molecular flexibility index (Phi) is 3.57. The monoisotopic (exact) mass is 273 g/mol. The first-order valence-corrected chi connectivity index (χ1v) is 7.63. The highest BCUT2D eigenvalue weighted by Gasteiger charge is 2.38. The second-order valence-corrected chi connectivity index (χ2v) is 5.59. The molecule has 3 rings (SSSR count). The van der Waals surface area contributed by atoms with E-state index in [2.05, 4.69) is 37.0 Å². The molecule has 20 heavy (non-hydrogen) atoms. The lowest BCUT2D eigenvalue weighted by Crippen LogP contribution is -2.36. The average molecular weight is 273 g/mol. The molecule has 2 N–H and O–H groups in total. The number of aromatic amines is 1. The molecule has 1 aromatic carbocycles. The normalized spacial score (nSPS) is 22.1. The number of H-pyrrole nitrogens is 1. The minimum absolute atomic E-state index is 0.156. The van der Waals surface area contributed by atoms with Crippen molar-refractivity contribution in [3.05, 3.63) is 35.0 Å². The predicted octanol–water partition coefficient (Wildman–Crippen LogP) is 3.29. The number of hydrogen-bond acceptors (Lipinski definition) is 2. The van der Waals surface area contributed by atoms with Gasteiger partial charge in [0.15, 0.2) is 0 Å². The number of nitrogens with one attached hydrogen (secondary N) is 1. The maximum atomic E-state index is 9.42. The van der Waals surface area contributed by atoms with Crippen LogP contribution in [-0.2, 0) is 23.2 Å². The summed E-state index contributed by atoms with van der Waals surface area (Å²) in [4.78, 5) is 3.63. The van der Waals surface area contributed by atoms with Crippen molar-refractivity contribution in [2.75, 3.05) is 13.2 Å². The molecule has 0 bridgehead atoms. The fourth-order valence-electron chi connectivity index (χ4n) is 3.53. The Morgan fingerprint density at radius 2 is 2.20 bits per heavy atom. The van der Waals surface area contributed by atoms with Crippen molar-refractivity contribution in [1.82, 2.24) is 4.98 Å². The Morgan fingerprint density at radius 3 is 2.90 bits per heavy atom. The van der Waals surface area contributed by atoms with E-state index >= 15 is 0 Å². The van der Waals surface area contributed by atoms with Crippen LogP contribution in [0.5, 0.6) is 0 Å². The van der Waals surface area contributed by atoms with Gasteiger partial charge in [-0.15, -0.1) is 0 Å². The molecule has 0 aliphatic carbocycles. The van der Waals surface area contributed by atoms with E-state index < -0.39 is 0 Å². The van der Waals surface area contributed by atoms with Crippen LogP contribution in [0.2, 0.25) is 0 Å². The molecule has 0 unspecified atom stereocenters. The van der Waals surface area contributed by atoms with E-state index in [1.165, 1.54) is 27.7 Å². The smallest absolute Gasteiger partial charge is 0.110 e. The van der Waals surface area contributed by atoms with Crippen LogP contribution in [0.15, 0.2) is 18.2 Å². The third-order valence-electron chi connectivity index (χ3n) is 4.68. The topological polar surface area (TPSA) is 45.2 Å². The summed E-state index contributed by atoms with van der Waals surface area (Å²) in [7, 11) is 0. The third-order valence-corrected chi connectivity index (χ3v) is 4.68. The molecular formula is C17H23NO2. The van der Waals surface area contributed by atoms with Crippen LogP contribution in [-0.4, -0.2) is 23.3 Å². The maximum absolute atomic E-state index is 9.42. The molecule has 0 fully saturated rings. The summed E-state index contributed by atoms with van der Waals surface area (Å²) in [6, 6.07) is 6.53. The first kappa shape index (κ1) is 13.7. The highest BCUT2D eigenvalue weighted by Crippen LogP contribution is 2.41. The number of fused-ring (bicyclic) bond motifs is 3. The van der Waals surface area contributed by atoms with Crippen LogP contribution >= 0.6 is 0 Å². The first-order chi connectivity index (χ1) is 9.75. The molecule has 1 aromatic heterocycles. The molecule has 1 atom stereocenters. The summed E-state index contributed by atoms with van der Waals surface area (Å²) in [5.74, 6) is 0. The number of aliphatic hydroxyl groups excluding tert-OH is 1. The quantitative estimate of drug-likeness (QED) is 0.898. The molecule has 108 valence electrons. The Bertz CT molecular complexity index is 617. The number of para-hydroxylation sites is 1. The molecule has 2 aromatic rings. The SMILES string of the molecule is CCc1cccc2c3c([nH]c12)[C@@](CC)(CCO)OCC3. The van der Waals surface area contributed by atoms with Gasteiger partial charge in [0, 0.05) is 23.9 Å². The van der Waals surface area contributed by atoms with Crippen molar-refractivity contribution in [2.45, 2.75) is 45.1 Å². The van der Waals surface area contributed by atoms with Gasteiger partial charge in [-0.25, -0.2) is 0 Å². The van der Waals surface area contributed by atoms with E-state index in [1.807, 2.05) is 0 Å². The van der Waals surface area contributed by atoms with Gasteiger partial charge in [-0.2, -0.15) is 0 Å². The van der Waals surface area contributed by atoms with Crippen molar-refractivity contribution in [1.29, 1.82) is 0 Å². The fraction of sp³-hybridized carbons (Fsp3) is 0.529. The Balaban J connectivity index is 2.24. The number of aryl methyl sites for hydroxylation is 1. The van der Waals surface area contributed by atoms with Crippen LogP contribution in [0, 0.1) is 0 Å². The predicted molar refractivity (Wildman–Crippen MR) is 81.0 cm³/mol. The van der Waals surface area contributed by atoms with Crippen LogP contribution in [0.1, 0.15) is 43.5 Å². The maximum Gasteiger partial charge on any atom is 0.110 e. The van der Waals surface area contributed by atoms with Crippen LogP contribution in [0.3, 0.4) is 0 Å². The van der Waals surface area contributed by atoms with Crippen LogP contribution < -0.4 is 0 Å². The fourth-order valence-corrected chi connectivity index (χ4v) is 3.53. The van der Waals surface area contributed by atoms with Crippen molar-refractivity contribution >= 4 is 10.9 Å². The number of aliphatic hydroxyl groups is 1. The van der Waals surface area contributed by atoms with Crippen molar-refractivity contribution in [3.8, 4) is 0 Å². The lowest BCUT2D eigenvalue weighted by molar-refractivity contribution is -0.0795. The molecular weight excluding hydrogens is 250 g/mol. The minimum Gasteiger partial charge on any atom is -0.396 e. The first-order valence-electron chi connectivity index (χ1n) is 7.63. The average Bonchev–Trinajstić information content (AvgIpc) is 2.87. The molecule has 3 nitrogen and oxygen atoms in total. The number of hydrogen-bond donors (Lipinski definition) is 2. The summed E-state index contributed by atoms with van der Waals surface area (Å²) in [6.45, 7) is 5.22. The van der Waals surface area contributed by atoms with Gasteiger partial charge >= 0.3 is 0 Å². The van der Waals surface area contributed by atoms with E-state index in [9.17, 15) is 5.11 Å². The zero-order valence-electron chi connectivity index (χ0n) is 12.3. The van der Waals surface area contributed by atoms with Gasteiger partial charge in [0.1, 0.15) is 5.60 Å². The lowest BCUT2D eigenvalue weighted by Gasteiger charge is -2.36. The largest absolute Gasteiger partial charge is 0.396 e. The minimum atomic E-state index is -0.341. The Morgan fingerprint density at radius 1 is 1.35 bits per heavy atom. The molecule has 0 amide bonds. The Hall–Kier alpha value is -1.32. The summed E-state index contributed by atoms with van der Waals surface area (Å²) in [6.07, 6.45) is 3.52. The van der Waals surface area contributed by atoms with E-state index in [1.54, 1.807) is 0 Å². The Labute approximate surface area is 120 Å². The molecule has 0 saturated carbocycles. The van der Waals surface area contributed by atoms with Crippen molar-refractivity contribution < 1.29 is 9.84 Å². The molecule has 1 aliphatic heterocycles. The summed E-state index contributed by atoms with van der Waals surface area (Å²) in [5.41, 5.74) is 4.84. The van der Waals surface area contributed by atoms with Gasteiger partial charge in [-0.1, -0.05) is 32.0 Å². The van der Waals surface area contributed by atoms with Crippen LogP contribution in [0.25, 0.3) is 10.9 Å². The molecule has 0 spiro atoms. The zero-order valence-corrected chi connectivity index (χ0v) is 12.3. The van der Waals surface area contributed by atoms with Gasteiger partial charge in [0.2, 0.25) is 0 Å². The molecule has 0 radical (unpaired) electrons. The van der Waals surface area contributed by atoms with Gasteiger partial charge in [0.25, 0.3) is 0 Å². The highest BCUT2D eigenvalue weighted by atomic mass is 16.5. The number of benzene rings is 1. The summed E-state index contributed by atoms with van der Waals surface area (Å²) >= 11 is 0. The second kappa shape index (κ2) is 5.23. The van der Waals surface area contributed by atoms with E-state index in [-0.39, 0.29) is 12.2 Å². The molecule has 0 saturated heterocycles.